The van der Waals surface area contributed by atoms with Crippen molar-refractivity contribution < 1.29 is 18.3 Å². The van der Waals surface area contributed by atoms with Crippen LogP contribution in [-0.4, -0.2) is 12.0 Å². The molecule has 0 spiro atoms. The van der Waals surface area contributed by atoms with Crippen LogP contribution in [0.4, 0.5) is 14.5 Å². The van der Waals surface area contributed by atoms with E-state index >= 15 is 0 Å². The van der Waals surface area contributed by atoms with Gasteiger partial charge in [0, 0.05) is 16.8 Å². The van der Waals surface area contributed by atoms with Gasteiger partial charge in [0.1, 0.15) is 5.75 Å². The first-order chi connectivity index (χ1) is 9.95. The number of anilines is 1. The van der Waals surface area contributed by atoms with Gasteiger partial charge in [-0.15, -0.1) is 0 Å². The van der Waals surface area contributed by atoms with E-state index in [1.165, 1.54) is 13.0 Å². The normalized spacial score (nSPS) is 11.8. The highest BCUT2D eigenvalue weighted by molar-refractivity contribution is 6.30. The summed E-state index contributed by atoms with van der Waals surface area (Å²) in [7, 11) is 0. The molecule has 2 aromatic carbocycles. The molecule has 1 amide bonds. The summed E-state index contributed by atoms with van der Waals surface area (Å²) >= 11 is 5.74. The zero-order chi connectivity index (χ0) is 15.4. The van der Waals surface area contributed by atoms with Crippen LogP contribution in [0.15, 0.2) is 42.5 Å². The lowest BCUT2D eigenvalue weighted by Crippen LogP contribution is -2.30. The second kappa shape index (κ2) is 6.54. The smallest absolute Gasteiger partial charge is 0.265 e. The van der Waals surface area contributed by atoms with Crippen LogP contribution in [0.25, 0.3) is 0 Å². The molecule has 21 heavy (non-hydrogen) atoms. The largest absolute Gasteiger partial charge is 0.481 e. The summed E-state index contributed by atoms with van der Waals surface area (Å²) in [4.78, 5) is 11.9. The Morgan fingerprint density at radius 3 is 2.43 bits per heavy atom. The summed E-state index contributed by atoms with van der Waals surface area (Å²) in [6.45, 7) is 1.51. The summed E-state index contributed by atoms with van der Waals surface area (Å²) in [6.07, 6.45) is -0.870. The minimum Gasteiger partial charge on any atom is -0.481 e. The lowest BCUT2D eigenvalue weighted by atomic mass is 10.3. The van der Waals surface area contributed by atoms with Gasteiger partial charge in [0.25, 0.3) is 5.91 Å². The number of amides is 1. The van der Waals surface area contributed by atoms with Crippen LogP contribution in [0.1, 0.15) is 6.92 Å². The van der Waals surface area contributed by atoms with E-state index in [-0.39, 0.29) is 5.75 Å². The van der Waals surface area contributed by atoms with Gasteiger partial charge in [0.15, 0.2) is 17.7 Å². The highest BCUT2D eigenvalue weighted by atomic mass is 35.5. The molecular weight excluding hydrogens is 300 g/mol. The van der Waals surface area contributed by atoms with Gasteiger partial charge in [-0.1, -0.05) is 11.6 Å². The van der Waals surface area contributed by atoms with Gasteiger partial charge in [0.2, 0.25) is 0 Å². The van der Waals surface area contributed by atoms with E-state index in [2.05, 4.69) is 5.32 Å². The molecule has 1 atom stereocenters. The number of halogens is 3. The van der Waals surface area contributed by atoms with E-state index in [9.17, 15) is 13.6 Å². The predicted octanol–water partition coefficient (Wildman–Crippen LogP) is 4.02. The van der Waals surface area contributed by atoms with Gasteiger partial charge in [-0.25, -0.2) is 8.78 Å². The molecule has 0 bridgehead atoms. The number of carbonyl (C=O) groups excluding carboxylic acids is 1. The zero-order valence-corrected chi connectivity index (χ0v) is 11.8. The van der Waals surface area contributed by atoms with Gasteiger partial charge in [-0.05, 0) is 43.3 Å². The van der Waals surface area contributed by atoms with Crippen LogP contribution in [0.2, 0.25) is 5.02 Å². The average Bonchev–Trinajstić information content (AvgIpc) is 2.45. The van der Waals surface area contributed by atoms with Crippen molar-refractivity contribution in [3.63, 3.8) is 0 Å². The van der Waals surface area contributed by atoms with Crippen LogP contribution < -0.4 is 10.1 Å². The second-order valence-corrected chi connectivity index (χ2v) is 4.77. The van der Waals surface area contributed by atoms with Crippen LogP contribution in [-0.2, 0) is 4.79 Å². The summed E-state index contributed by atoms with van der Waals surface area (Å²) in [5.74, 6) is -2.34. The lowest BCUT2D eigenvalue weighted by Gasteiger charge is -2.15. The Balaban J connectivity index is 1.98. The highest BCUT2D eigenvalue weighted by Crippen LogP contribution is 2.18. The number of rotatable bonds is 4. The molecule has 2 aromatic rings. The molecule has 0 unspecified atom stereocenters. The van der Waals surface area contributed by atoms with E-state index in [4.69, 9.17) is 16.3 Å². The monoisotopic (exact) mass is 311 g/mol. The minimum atomic E-state index is -1.03. The van der Waals surface area contributed by atoms with Gasteiger partial charge >= 0.3 is 0 Å². The minimum absolute atomic E-state index is 0.0765. The zero-order valence-electron chi connectivity index (χ0n) is 11.1. The molecule has 110 valence electrons. The van der Waals surface area contributed by atoms with Gasteiger partial charge in [-0.3, -0.25) is 4.79 Å². The average molecular weight is 312 g/mol. The number of hydrogen-bond acceptors (Lipinski definition) is 2. The quantitative estimate of drug-likeness (QED) is 0.926. The molecule has 0 aliphatic carbocycles. The maximum Gasteiger partial charge on any atom is 0.265 e. The Morgan fingerprint density at radius 1 is 1.14 bits per heavy atom. The number of benzene rings is 2. The van der Waals surface area contributed by atoms with Gasteiger partial charge < -0.3 is 10.1 Å². The maximum absolute atomic E-state index is 13.0. The lowest BCUT2D eigenvalue weighted by molar-refractivity contribution is -0.122. The van der Waals surface area contributed by atoms with Crippen LogP contribution in [0, 0.1) is 11.6 Å². The van der Waals surface area contributed by atoms with Crippen LogP contribution >= 0.6 is 11.6 Å². The fourth-order valence-electron chi connectivity index (χ4n) is 1.58. The third kappa shape index (κ3) is 4.16. The van der Waals surface area contributed by atoms with Gasteiger partial charge in [-0.2, -0.15) is 0 Å². The molecule has 0 fully saturated rings. The number of carbonyl (C=O) groups is 1. The Morgan fingerprint density at radius 2 is 1.81 bits per heavy atom. The van der Waals surface area contributed by atoms with Crippen molar-refractivity contribution in [1.82, 2.24) is 0 Å². The number of hydrogen-bond donors (Lipinski definition) is 1. The number of nitrogens with one attached hydrogen (secondary N) is 1. The van der Waals surface area contributed by atoms with Crippen molar-refractivity contribution in [3.8, 4) is 5.75 Å². The van der Waals surface area contributed by atoms with E-state index in [0.29, 0.717) is 10.7 Å². The van der Waals surface area contributed by atoms with Gasteiger partial charge in [0.05, 0.1) is 0 Å². The third-order valence-electron chi connectivity index (χ3n) is 2.68. The molecule has 1 N–H and O–H groups in total. The maximum atomic E-state index is 13.0. The molecule has 0 aromatic heterocycles. The Kier molecular flexibility index (Phi) is 4.75. The van der Waals surface area contributed by atoms with Crippen LogP contribution in [0.5, 0.6) is 5.75 Å². The molecule has 0 aliphatic heterocycles. The summed E-state index contributed by atoms with van der Waals surface area (Å²) in [6, 6.07) is 9.64. The molecule has 0 saturated heterocycles. The SMILES string of the molecule is C[C@H](Oc1ccc(F)c(F)c1)C(=O)Nc1ccc(Cl)cc1. The molecule has 0 aliphatic rings. The van der Waals surface area contributed by atoms with E-state index in [0.717, 1.165) is 12.1 Å². The first-order valence-corrected chi connectivity index (χ1v) is 6.51. The van der Waals surface area contributed by atoms with E-state index in [1.54, 1.807) is 24.3 Å². The summed E-state index contributed by atoms with van der Waals surface area (Å²) in [5.41, 5.74) is 0.560. The van der Waals surface area contributed by atoms with Crippen molar-refractivity contribution in [2.24, 2.45) is 0 Å². The first kappa shape index (κ1) is 15.3. The Labute approximate surface area is 125 Å². The second-order valence-electron chi connectivity index (χ2n) is 4.33. The topological polar surface area (TPSA) is 38.3 Å². The van der Waals surface area contributed by atoms with E-state index in [1.807, 2.05) is 0 Å². The van der Waals surface area contributed by atoms with Crippen molar-refractivity contribution in [2.45, 2.75) is 13.0 Å². The fourth-order valence-corrected chi connectivity index (χ4v) is 1.71. The molecule has 2 rings (SSSR count). The molecular formula is C15H12ClF2NO2. The van der Waals surface area contributed by atoms with Crippen molar-refractivity contribution >= 4 is 23.2 Å². The number of ether oxygens (including phenoxy) is 1. The molecule has 0 heterocycles. The van der Waals surface area contributed by atoms with Crippen molar-refractivity contribution in [2.75, 3.05) is 5.32 Å². The first-order valence-electron chi connectivity index (χ1n) is 6.14. The van der Waals surface area contributed by atoms with E-state index < -0.39 is 23.6 Å². The fraction of sp³-hybridized carbons (Fsp3) is 0.133. The molecule has 6 heteroatoms. The third-order valence-corrected chi connectivity index (χ3v) is 2.94. The summed E-state index contributed by atoms with van der Waals surface area (Å²) < 4.78 is 31.1. The molecule has 0 radical (unpaired) electrons. The van der Waals surface area contributed by atoms with Crippen molar-refractivity contribution in [3.05, 3.63) is 59.1 Å². The summed E-state index contributed by atoms with van der Waals surface area (Å²) in [5, 5.41) is 3.18. The standard InChI is InChI=1S/C15H12ClF2NO2/c1-9(21-12-6-7-13(17)14(18)8-12)15(20)19-11-4-2-10(16)3-5-11/h2-9H,1H3,(H,19,20)/t9-/m0/s1. The Bertz CT molecular complexity index is 647. The molecule has 3 nitrogen and oxygen atoms in total. The molecule has 0 saturated carbocycles. The van der Waals surface area contributed by atoms with Crippen LogP contribution in [0.3, 0.4) is 0 Å². The highest BCUT2D eigenvalue weighted by Gasteiger charge is 2.15. The van der Waals surface area contributed by atoms with Crippen molar-refractivity contribution in [1.29, 1.82) is 0 Å². The Hall–Kier alpha value is -2.14. The predicted molar refractivity (Wildman–Crippen MR) is 76.5 cm³/mol.